The van der Waals surface area contributed by atoms with E-state index in [2.05, 4.69) is 21.2 Å². The molecule has 0 heterocycles. The zero-order valence-corrected chi connectivity index (χ0v) is 21.0. The maximum absolute atomic E-state index is 14.1. The van der Waals surface area contributed by atoms with E-state index in [9.17, 15) is 19.8 Å². The highest BCUT2D eigenvalue weighted by Crippen LogP contribution is 2.65. The van der Waals surface area contributed by atoms with Gasteiger partial charge in [0.1, 0.15) is 6.10 Å². The molecule has 8 nitrogen and oxygen atoms in total. The van der Waals surface area contributed by atoms with E-state index in [-0.39, 0.29) is 5.69 Å². The summed E-state index contributed by atoms with van der Waals surface area (Å²) >= 11 is 3.49. The largest absolute Gasteiger partial charge is 0.385 e. The molecule has 0 unspecified atom stereocenters. The molecule has 0 radical (unpaired) electrons. The molecule has 3 rings (SSSR count). The molecular formula is C24H24BrN2O6P. The lowest BCUT2D eigenvalue weighted by atomic mass is 9.98. The Morgan fingerprint density at radius 3 is 2.18 bits per heavy atom. The van der Waals surface area contributed by atoms with Crippen LogP contribution in [0.1, 0.15) is 11.1 Å². The minimum Gasteiger partial charge on any atom is -0.385 e. The molecule has 34 heavy (non-hydrogen) atoms. The van der Waals surface area contributed by atoms with Gasteiger partial charge in [-0.05, 0) is 51.3 Å². The number of nitro benzene ring substituents is 1. The number of hydrogen-bond acceptors (Lipinski definition) is 7. The molecule has 0 saturated heterocycles. The first-order chi connectivity index (χ1) is 16.3. The van der Waals surface area contributed by atoms with E-state index >= 15 is 0 Å². The van der Waals surface area contributed by atoms with Gasteiger partial charge in [-0.15, -0.1) is 0 Å². The van der Waals surface area contributed by atoms with E-state index in [0.29, 0.717) is 21.3 Å². The highest BCUT2D eigenvalue weighted by molar-refractivity contribution is 9.10. The fourth-order valence-corrected chi connectivity index (χ4v) is 5.82. The first-order valence-corrected chi connectivity index (χ1v) is 12.5. The Balaban J connectivity index is 2.16. The Bertz CT molecular complexity index is 1200. The van der Waals surface area contributed by atoms with Crippen molar-refractivity contribution in [3.63, 3.8) is 0 Å². The van der Waals surface area contributed by atoms with E-state index in [1.807, 2.05) is 12.1 Å². The number of benzene rings is 3. The molecule has 0 aromatic heterocycles. The predicted octanol–water partition coefficient (Wildman–Crippen LogP) is 6.18. The molecule has 0 amide bonds. The monoisotopic (exact) mass is 546 g/mol. The molecule has 10 heteroatoms. The normalized spacial score (nSPS) is 14.5. The summed E-state index contributed by atoms with van der Waals surface area (Å²) in [6.45, 7) is 0. The molecule has 3 aromatic rings. The molecular weight excluding hydrogens is 523 g/mol. The van der Waals surface area contributed by atoms with Gasteiger partial charge in [-0.1, -0.05) is 54.6 Å². The number of aliphatic hydroxyl groups excluding tert-OH is 1. The Morgan fingerprint density at radius 1 is 1.03 bits per heavy atom. The second-order valence-corrected chi connectivity index (χ2v) is 10.5. The average molecular weight is 547 g/mol. The predicted molar refractivity (Wildman–Crippen MR) is 136 cm³/mol. The first kappa shape index (κ1) is 25.8. The number of hydrogen-bond donors (Lipinski definition) is 2. The van der Waals surface area contributed by atoms with Crippen molar-refractivity contribution >= 4 is 41.0 Å². The quantitative estimate of drug-likeness (QED) is 0.177. The van der Waals surface area contributed by atoms with Crippen LogP contribution in [0.15, 0.2) is 89.4 Å². The molecule has 2 N–H and O–H groups in total. The SMILES string of the molecule is COP(=O)(OC)[C@@](Nc1ccccc1Br)(c1ccccc1)[C@@H](O)/C=C/c1ccc([N+](=O)[O-])cc1. The van der Waals surface area contributed by atoms with Crippen LogP contribution >= 0.6 is 23.5 Å². The number of aliphatic hydroxyl groups is 1. The molecule has 178 valence electrons. The fourth-order valence-electron chi connectivity index (χ4n) is 3.58. The lowest BCUT2D eigenvalue weighted by Gasteiger charge is -2.42. The molecule has 3 aromatic carbocycles. The molecule has 2 atom stereocenters. The molecule has 0 aliphatic rings. The first-order valence-electron chi connectivity index (χ1n) is 10.2. The van der Waals surface area contributed by atoms with Crippen LogP contribution in [0.3, 0.4) is 0 Å². The second-order valence-electron chi connectivity index (χ2n) is 7.25. The number of nitro groups is 1. The number of halogens is 1. The van der Waals surface area contributed by atoms with Crippen LogP contribution in [-0.2, 0) is 18.9 Å². The van der Waals surface area contributed by atoms with Crippen molar-refractivity contribution in [3.8, 4) is 0 Å². The van der Waals surface area contributed by atoms with Gasteiger partial charge >= 0.3 is 7.60 Å². The van der Waals surface area contributed by atoms with Crippen LogP contribution < -0.4 is 5.32 Å². The van der Waals surface area contributed by atoms with Crippen LogP contribution in [0.5, 0.6) is 0 Å². The topological polar surface area (TPSA) is 111 Å². The van der Waals surface area contributed by atoms with E-state index in [0.717, 1.165) is 0 Å². The summed E-state index contributed by atoms with van der Waals surface area (Å²) in [7, 11) is -1.53. The number of nitrogens with zero attached hydrogens (tertiary/aromatic N) is 1. The Morgan fingerprint density at radius 2 is 1.62 bits per heavy atom. The smallest absolute Gasteiger partial charge is 0.362 e. The number of para-hydroxylation sites is 1. The summed E-state index contributed by atoms with van der Waals surface area (Å²) in [6.07, 6.45) is 1.62. The second kappa shape index (κ2) is 11.1. The third kappa shape index (κ3) is 5.14. The van der Waals surface area contributed by atoms with E-state index < -0.39 is 23.9 Å². The number of nitrogens with one attached hydrogen (secondary N) is 1. The highest BCUT2D eigenvalue weighted by atomic mass is 79.9. The lowest BCUT2D eigenvalue weighted by molar-refractivity contribution is -0.384. The van der Waals surface area contributed by atoms with Crippen molar-refractivity contribution < 1.29 is 23.6 Å². The van der Waals surface area contributed by atoms with Gasteiger partial charge < -0.3 is 19.5 Å². The summed E-state index contributed by atoms with van der Waals surface area (Å²) < 4.78 is 25.6. The van der Waals surface area contributed by atoms with Gasteiger partial charge in [0, 0.05) is 36.5 Å². The van der Waals surface area contributed by atoms with Gasteiger partial charge in [0.15, 0.2) is 5.28 Å². The number of anilines is 1. The summed E-state index contributed by atoms with van der Waals surface area (Å²) in [4.78, 5) is 10.4. The van der Waals surface area contributed by atoms with Crippen LogP contribution in [0, 0.1) is 10.1 Å². The van der Waals surface area contributed by atoms with Crippen LogP contribution in [-0.4, -0.2) is 30.4 Å². The summed E-state index contributed by atoms with van der Waals surface area (Å²) in [6, 6.07) is 21.8. The standard InChI is InChI=1S/C24H24BrN2O6P/c1-32-34(31,33-2)24(19-8-4-3-5-9-19,26-22-11-7-6-10-21(22)25)23(28)17-14-18-12-15-20(16-13-18)27(29)30/h3-17,23,26,28H,1-2H3/b17-14+/t23-,24-/m0/s1. The van der Waals surface area contributed by atoms with Crippen molar-refractivity contribution in [2.75, 3.05) is 19.5 Å². The zero-order chi connectivity index (χ0) is 24.8. The van der Waals surface area contributed by atoms with Gasteiger partial charge in [0.25, 0.3) is 5.69 Å². The third-order valence-electron chi connectivity index (χ3n) is 5.33. The van der Waals surface area contributed by atoms with Crippen molar-refractivity contribution in [3.05, 3.63) is 111 Å². The Labute approximate surface area is 206 Å². The molecule has 0 fully saturated rings. The summed E-state index contributed by atoms with van der Waals surface area (Å²) in [5.41, 5.74) is 1.59. The van der Waals surface area contributed by atoms with Crippen LogP contribution in [0.2, 0.25) is 0 Å². The lowest BCUT2D eigenvalue weighted by Crippen LogP contribution is -2.46. The minimum atomic E-state index is -4.05. The molecule has 0 saturated carbocycles. The van der Waals surface area contributed by atoms with Crippen molar-refractivity contribution in [1.29, 1.82) is 0 Å². The highest BCUT2D eigenvalue weighted by Gasteiger charge is 2.56. The van der Waals surface area contributed by atoms with Crippen molar-refractivity contribution in [2.24, 2.45) is 0 Å². The van der Waals surface area contributed by atoms with Gasteiger partial charge in [-0.25, -0.2) is 0 Å². The van der Waals surface area contributed by atoms with Gasteiger partial charge in [0.2, 0.25) is 0 Å². The van der Waals surface area contributed by atoms with Crippen molar-refractivity contribution in [1.82, 2.24) is 0 Å². The van der Waals surface area contributed by atoms with Gasteiger partial charge in [-0.2, -0.15) is 0 Å². The third-order valence-corrected chi connectivity index (χ3v) is 8.48. The number of non-ortho nitro benzene ring substituents is 1. The minimum absolute atomic E-state index is 0.0461. The van der Waals surface area contributed by atoms with E-state index in [1.54, 1.807) is 60.7 Å². The van der Waals surface area contributed by atoms with E-state index in [4.69, 9.17) is 9.05 Å². The van der Waals surface area contributed by atoms with E-state index in [1.165, 1.54) is 32.4 Å². The molecule has 0 aliphatic heterocycles. The van der Waals surface area contributed by atoms with Crippen LogP contribution in [0.25, 0.3) is 6.08 Å². The summed E-state index contributed by atoms with van der Waals surface area (Å²) in [5, 5.41) is 24.0. The maximum Gasteiger partial charge on any atom is 0.362 e. The Hall–Kier alpha value is -2.81. The van der Waals surface area contributed by atoms with Gasteiger partial charge in [0.05, 0.1) is 4.92 Å². The van der Waals surface area contributed by atoms with Gasteiger partial charge in [-0.3, -0.25) is 14.7 Å². The Kier molecular flexibility index (Phi) is 8.41. The van der Waals surface area contributed by atoms with Crippen molar-refractivity contribution in [2.45, 2.75) is 11.4 Å². The zero-order valence-electron chi connectivity index (χ0n) is 18.5. The fraction of sp³-hybridized carbons (Fsp3) is 0.167. The van der Waals surface area contributed by atoms with Crippen LogP contribution in [0.4, 0.5) is 11.4 Å². The molecule has 0 aliphatic carbocycles. The molecule has 0 spiro atoms. The number of rotatable bonds is 10. The summed E-state index contributed by atoms with van der Waals surface area (Å²) in [5.74, 6) is 0. The maximum atomic E-state index is 14.1. The molecule has 0 bridgehead atoms. The average Bonchev–Trinajstić information content (AvgIpc) is 2.87.